The van der Waals surface area contributed by atoms with Gasteiger partial charge in [-0.15, -0.1) is 0 Å². The number of hydrogen-bond acceptors (Lipinski definition) is 4. The van der Waals surface area contributed by atoms with Gasteiger partial charge in [0.05, 0.1) is 24.0 Å². The van der Waals surface area contributed by atoms with Crippen LogP contribution in [0.15, 0.2) is 18.2 Å². The Balaban J connectivity index is 2.28. The summed E-state index contributed by atoms with van der Waals surface area (Å²) in [6.45, 7) is 3.27. The van der Waals surface area contributed by atoms with E-state index in [1.54, 1.807) is 12.1 Å². The molecule has 0 saturated carbocycles. The maximum Gasteiger partial charge on any atom is 0.337 e. The predicted molar refractivity (Wildman–Crippen MR) is 82.1 cm³/mol. The SMILES string of the molecule is CCC1CCCCCN1c1ccc(C(=O)OC)cc1N. The van der Waals surface area contributed by atoms with Crippen LogP contribution in [0.4, 0.5) is 11.4 Å². The summed E-state index contributed by atoms with van der Waals surface area (Å²) < 4.78 is 4.73. The molecule has 0 bridgehead atoms. The van der Waals surface area contributed by atoms with Crippen LogP contribution in [0.3, 0.4) is 0 Å². The average Bonchev–Trinajstić information content (AvgIpc) is 2.71. The Kier molecular flexibility index (Phi) is 4.88. The summed E-state index contributed by atoms with van der Waals surface area (Å²) in [7, 11) is 1.38. The first kappa shape index (κ1) is 14.7. The van der Waals surface area contributed by atoms with Gasteiger partial charge in [0.15, 0.2) is 0 Å². The first-order chi connectivity index (χ1) is 9.67. The molecule has 1 aromatic carbocycles. The molecule has 0 radical (unpaired) electrons. The topological polar surface area (TPSA) is 55.6 Å². The molecule has 1 fully saturated rings. The molecule has 4 heteroatoms. The average molecular weight is 276 g/mol. The second-order valence-corrected chi connectivity index (χ2v) is 5.37. The van der Waals surface area contributed by atoms with Crippen molar-refractivity contribution in [3.8, 4) is 0 Å². The highest BCUT2D eigenvalue weighted by atomic mass is 16.5. The summed E-state index contributed by atoms with van der Waals surface area (Å²) in [6.07, 6.45) is 6.11. The van der Waals surface area contributed by atoms with Crippen LogP contribution < -0.4 is 10.6 Å². The summed E-state index contributed by atoms with van der Waals surface area (Å²) in [4.78, 5) is 13.9. The van der Waals surface area contributed by atoms with E-state index >= 15 is 0 Å². The van der Waals surface area contributed by atoms with E-state index in [1.807, 2.05) is 6.07 Å². The Labute approximate surface area is 120 Å². The standard InChI is InChI=1S/C16H24N2O2/c1-3-13-7-5-4-6-10-18(13)15-9-8-12(11-14(15)17)16(19)20-2/h8-9,11,13H,3-7,10,17H2,1-2H3. The lowest BCUT2D eigenvalue weighted by molar-refractivity contribution is 0.0601. The van der Waals surface area contributed by atoms with Crippen molar-refractivity contribution in [3.63, 3.8) is 0 Å². The Morgan fingerprint density at radius 1 is 1.40 bits per heavy atom. The molecule has 0 spiro atoms. The summed E-state index contributed by atoms with van der Waals surface area (Å²) in [5, 5.41) is 0. The van der Waals surface area contributed by atoms with E-state index in [2.05, 4.69) is 11.8 Å². The summed E-state index contributed by atoms with van der Waals surface area (Å²) >= 11 is 0. The fourth-order valence-electron chi connectivity index (χ4n) is 2.98. The van der Waals surface area contributed by atoms with Gasteiger partial charge in [-0.3, -0.25) is 0 Å². The fraction of sp³-hybridized carbons (Fsp3) is 0.562. The number of anilines is 2. The lowest BCUT2D eigenvalue weighted by Gasteiger charge is -2.32. The van der Waals surface area contributed by atoms with Gasteiger partial charge in [0.2, 0.25) is 0 Å². The molecule has 2 rings (SSSR count). The largest absolute Gasteiger partial charge is 0.465 e. The first-order valence-electron chi connectivity index (χ1n) is 7.41. The minimum absolute atomic E-state index is 0.342. The van der Waals surface area contributed by atoms with Crippen LogP contribution in [-0.2, 0) is 4.74 Å². The normalized spacial score (nSPS) is 19.5. The van der Waals surface area contributed by atoms with Crippen LogP contribution in [0.5, 0.6) is 0 Å². The van der Waals surface area contributed by atoms with Gasteiger partial charge in [-0.05, 0) is 37.5 Å². The van der Waals surface area contributed by atoms with Gasteiger partial charge >= 0.3 is 5.97 Å². The van der Waals surface area contributed by atoms with Crippen molar-refractivity contribution < 1.29 is 9.53 Å². The maximum absolute atomic E-state index is 11.5. The molecule has 1 aromatic rings. The van der Waals surface area contributed by atoms with Gasteiger partial charge < -0.3 is 15.4 Å². The Morgan fingerprint density at radius 2 is 2.20 bits per heavy atom. The molecule has 1 saturated heterocycles. The highest BCUT2D eigenvalue weighted by Crippen LogP contribution is 2.31. The molecular formula is C16H24N2O2. The second kappa shape index (κ2) is 6.64. The quantitative estimate of drug-likeness (QED) is 0.680. The lowest BCUT2D eigenvalue weighted by atomic mass is 10.1. The lowest BCUT2D eigenvalue weighted by Crippen LogP contribution is -2.34. The number of hydrogen-bond donors (Lipinski definition) is 1. The first-order valence-corrected chi connectivity index (χ1v) is 7.41. The zero-order valence-corrected chi connectivity index (χ0v) is 12.4. The second-order valence-electron chi connectivity index (χ2n) is 5.37. The van der Waals surface area contributed by atoms with Crippen molar-refractivity contribution in [2.24, 2.45) is 0 Å². The smallest absolute Gasteiger partial charge is 0.337 e. The minimum atomic E-state index is -0.342. The molecule has 0 amide bonds. The number of carbonyl (C=O) groups excluding carboxylic acids is 1. The molecule has 2 N–H and O–H groups in total. The molecular weight excluding hydrogens is 252 g/mol. The van der Waals surface area contributed by atoms with Crippen LogP contribution in [0.25, 0.3) is 0 Å². The van der Waals surface area contributed by atoms with Gasteiger partial charge in [0.25, 0.3) is 0 Å². The zero-order valence-electron chi connectivity index (χ0n) is 12.4. The number of rotatable bonds is 3. The van der Waals surface area contributed by atoms with Gasteiger partial charge in [-0.25, -0.2) is 4.79 Å². The fourth-order valence-corrected chi connectivity index (χ4v) is 2.98. The van der Waals surface area contributed by atoms with Crippen LogP contribution in [0.1, 0.15) is 49.4 Å². The van der Waals surface area contributed by atoms with E-state index in [1.165, 1.54) is 32.8 Å². The highest BCUT2D eigenvalue weighted by Gasteiger charge is 2.22. The maximum atomic E-state index is 11.5. The van der Waals surface area contributed by atoms with E-state index in [0.717, 1.165) is 18.7 Å². The zero-order chi connectivity index (χ0) is 14.5. The third-order valence-corrected chi connectivity index (χ3v) is 4.11. The van der Waals surface area contributed by atoms with Crippen molar-refractivity contribution in [1.29, 1.82) is 0 Å². The number of benzene rings is 1. The van der Waals surface area contributed by atoms with Crippen LogP contribution >= 0.6 is 0 Å². The number of nitrogens with zero attached hydrogens (tertiary/aromatic N) is 1. The molecule has 0 aliphatic carbocycles. The van der Waals surface area contributed by atoms with Gasteiger partial charge in [0.1, 0.15) is 0 Å². The molecule has 110 valence electrons. The summed E-state index contributed by atoms with van der Waals surface area (Å²) in [5.41, 5.74) is 8.38. The highest BCUT2D eigenvalue weighted by molar-refractivity contribution is 5.92. The van der Waals surface area contributed by atoms with E-state index in [-0.39, 0.29) is 5.97 Å². The predicted octanol–water partition coefficient (Wildman–Crippen LogP) is 3.21. The van der Waals surface area contributed by atoms with Gasteiger partial charge in [-0.2, -0.15) is 0 Å². The monoisotopic (exact) mass is 276 g/mol. The Hall–Kier alpha value is -1.71. The van der Waals surface area contributed by atoms with Crippen molar-refractivity contribution in [1.82, 2.24) is 0 Å². The van der Waals surface area contributed by atoms with E-state index in [9.17, 15) is 4.79 Å². The number of esters is 1. The Morgan fingerprint density at radius 3 is 2.85 bits per heavy atom. The molecule has 1 aliphatic rings. The molecule has 0 aromatic heterocycles. The molecule has 20 heavy (non-hydrogen) atoms. The van der Waals surface area contributed by atoms with Crippen molar-refractivity contribution in [2.45, 2.75) is 45.1 Å². The third kappa shape index (κ3) is 3.06. The van der Waals surface area contributed by atoms with Crippen LogP contribution in [-0.4, -0.2) is 25.7 Å². The molecule has 1 unspecified atom stereocenters. The van der Waals surface area contributed by atoms with E-state index in [0.29, 0.717) is 17.3 Å². The summed E-state index contributed by atoms with van der Waals surface area (Å²) in [6, 6.07) is 6.02. The number of nitrogen functional groups attached to an aromatic ring is 1. The summed E-state index contributed by atoms with van der Waals surface area (Å²) in [5.74, 6) is -0.342. The third-order valence-electron chi connectivity index (χ3n) is 4.11. The number of nitrogens with two attached hydrogens (primary N) is 1. The van der Waals surface area contributed by atoms with Crippen LogP contribution in [0.2, 0.25) is 0 Å². The number of ether oxygens (including phenoxy) is 1. The van der Waals surface area contributed by atoms with Gasteiger partial charge in [-0.1, -0.05) is 19.8 Å². The number of carbonyl (C=O) groups is 1. The minimum Gasteiger partial charge on any atom is -0.465 e. The molecule has 1 aliphatic heterocycles. The molecule has 4 nitrogen and oxygen atoms in total. The van der Waals surface area contributed by atoms with Gasteiger partial charge in [0, 0.05) is 12.6 Å². The van der Waals surface area contributed by atoms with Crippen molar-refractivity contribution >= 4 is 17.3 Å². The van der Waals surface area contributed by atoms with Crippen molar-refractivity contribution in [3.05, 3.63) is 23.8 Å². The Bertz CT molecular complexity index is 474. The number of methoxy groups -OCH3 is 1. The molecule has 1 heterocycles. The van der Waals surface area contributed by atoms with Crippen LogP contribution in [0, 0.1) is 0 Å². The van der Waals surface area contributed by atoms with E-state index in [4.69, 9.17) is 10.5 Å². The van der Waals surface area contributed by atoms with Crippen molar-refractivity contribution in [2.75, 3.05) is 24.3 Å². The molecule has 1 atom stereocenters. The van der Waals surface area contributed by atoms with E-state index < -0.39 is 0 Å².